The van der Waals surface area contributed by atoms with Crippen molar-refractivity contribution in [2.24, 2.45) is 0 Å². The second kappa shape index (κ2) is 9.42. The first-order valence-electron chi connectivity index (χ1n) is 6.66. The summed E-state index contributed by atoms with van der Waals surface area (Å²) in [5, 5.41) is 3.43. The number of rotatable bonds is 9. The van der Waals surface area contributed by atoms with Crippen LogP contribution in [0, 0.1) is 0 Å². The Bertz CT molecular complexity index is 311. The van der Waals surface area contributed by atoms with Crippen LogP contribution in [0.4, 0.5) is 0 Å². The maximum Gasteiger partial charge on any atom is 0.0462 e. The number of methoxy groups -OCH3 is 1. The third kappa shape index (κ3) is 7.04. The number of ether oxygens (including phenoxy) is 1. The second-order valence-electron chi connectivity index (χ2n) is 4.73. The molecule has 0 amide bonds. The Morgan fingerprint density at radius 1 is 1.17 bits per heavy atom. The van der Waals surface area contributed by atoms with Crippen molar-refractivity contribution in [3.05, 3.63) is 29.8 Å². The largest absolute Gasteiger partial charge is 0.385 e. The molecule has 0 spiro atoms. The van der Waals surface area contributed by atoms with Crippen LogP contribution in [-0.2, 0) is 11.3 Å². The van der Waals surface area contributed by atoms with E-state index in [1.54, 1.807) is 7.11 Å². The van der Waals surface area contributed by atoms with Gasteiger partial charge in [0.1, 0.15) is 0 Å². The van der Waals surface area contributed by atoms with Crippen LogP contribution in [0.25, 0.3) is 0 Å². The van der Waals surface area contributed by atoms with Crippen LogP contribution in [0.1, 0.15) is 32.3 Å². The molecule has 0 unspecified atom stereocenters. The minimum absolute atomic E-state index is 0.542. The molecule has 0 aliphatic rings. The monoisotopic (exact) mass is 267 g/mol. The molecule has 0 saturated heterocycles. The molecule has 0 fully saturated rings. The lowest BCUT2D eigenvalue weighted by Gasteiger charge is -2.08. The van der Waals surface area contributed by atoms with Crippen molar-refractivity contribution >= 4 is 11.8 Å². The Morgan fingerprint density at radius 2 is 1.89 bits per heavy atom. The van der Waals surface area contributed by atoms with Crippen molar-refractivity contribution in [1.82, 2.24) is 5.32 Å². The van der Waals surface area contributed by atoms with E-state index in [-0.39, 0.29) is 0 Å². The van der Waals surface area contributed by atoms with Crippen molar-refractivity contribution in [2.45, 2.75) is 44.2 Å². The zero-order chi connectivity index (χ0) is 13.2. The second-order valence-corrected chi connectivity index (χ2v) is 5.90. The van der Waals surface area contributed by atoms with Gasteiger partial charge in [-0.1, -0.05) is 26.0 Å². The smallest absolute Gasteiger partial charge is 0.0462 e. The predicted octanol–water partition coefficient (Wildman–Crippen LogP) is 3.70. The molecular weight excluding hydrogens is 242 g/mol. The number of hydrogen-bond acceptors (Lipinski definition) is 3. The molecule has 0 aromatic heterocycles. The Morgan fingerprint density at radius 3 is 2.50 bits per heavy atom. The molecule has 0 heterocycles. The molecule has 18 heavy (non-hydrogen) atoms. The highest BCUT2D eigenvalue weighted by molar-refractivity contribution is 7.99. The number of nitrogens with one attached hydrogen (secondary N) is 1. The van der Waals surface area contributed by atoms with Gasteiger partial charge in [-0.3, -0.25) is 0 Å². The Kier molecular flexibility index (Phi) is 8.14. The van der Waals surface area contributed by atoms with Crippen LogP contribution in [0.15, 0.2) is 29.2 Å². The van der Waals surface area contributed by atoms with Crippen molar-refractivity contribution < 1.29 is 4.74 Å². The molecule has 0 aliphatic heterocycles. The summed E-state index contributed by atoms with van der Waals surface area (Å²) in [5.41, 5.74) is 1.35. The average Bonchev–Trinajstić information content (AvgIpc) is 2.37. The summed E-state index contributed by atoms with van der Waals surface area (Å²) in [6.07, 6.45) is 2.37. The third-order valence-electron chi connectivity index (χ3n) is 2.65. The molecular formula is C15H25NOS. The van der Waals surface area contributed by atoms with Crippen molar-refractivity contribution in [1.29, 1.82) is 0 Å². The van der Waals surface area contributed by atoms with Gasteiger partial charge in [0.15, 0.2) is 0 Å². The standard InChI is InChI=1S/C15H25NOS/c1-13(2)16-12-14-6-8-15(9-7-14)18-11-5-4-10-17-3/h6-9,13,16H,4-5,10-12H2,1-3H3. The molecule has 1 aromatic rings. The van der Waals surface area contributed by atoms with Gasteiger partial charge in [-0.2, -0.15) is 0 Å². The van der Waals surface area contributed by atoms with Crippen LogP contribution < -0.4 is 5.32 Å². The molecule has 0 aliphatic carbocycles. The summed E-state index contributed by atoms with van der Waals surface area (Å²) >= 11 is 1.93. The summed E-state index contributed by atoms with van der Waals surface area (Å²) < 4.78 is 5.04. The number of thioether (sulfide) groups is 1. The van der Waals surface area contributed by atoms with E-state index in [1.165, 1.54) is 22.6 Å². The number of unbranched alkanes of at least 4 members (excludes halogenated alkanes) is 1. The SMILES string of the molecule is COCCCCSc1ccc(CNC(C)C)cc1. The average molecular weight is 267 g/mol. The summed E-state index contributed by atoms with van der Waals surface area (Å²) in [6.45, 7) is 6.17. The number of benzene rings is 1. The Hall–Kier alpha value is -0.510. The molecule has 0 saturated carbocycles. The van der Waals surface area contributed by atoms with E-state index in [2.05, 4.69) is 43.4 Å². The first kappa shape index (κ1) is 15.5. The third-order valence-corrected chi connectivity index (χ3v) is 3.75. The first-order valence-corrected chi connectivity index (χ1v) is 7.65. The highest BCUT2D eigenvalue weighted by atomic mass is 32.2. The number of hydrogen-bond donors (Lipinski definition) is 1. The van der Waals surface area contributed by atoms with Crippen molar-refractivity contribution in [3.8, 4) is 0 Å². The minimum Gasteiger partial charge on any atom is -0.385 e. The molecule has 0 atom stereocenters. The van der Waals surface area contributed by atoms with Crippen LogP contribution >= 0.6 is 11.8 Å². The summed E-state index contributed by atoms with van der Waals surface area (Å²) in [4.78, 5) is 1.36. The van der Waals surface area contributed by atoms with Crippen molar-refractivity contribution in [3.63, 3.8) is 0 Å². The lowest BCUT2D eigenvalue weighted by atomic mass is 10.2. The van der Waals surface area contributed by atoms with Gasteiger partial charge in [-0.25, -0.2) is 0 Å². The topological polar surface area (TPSA) is 21.3 Å². The van der Waals surface area contributed by atoms with E-state index in [9.17, 15) is 0 Å². The van der Waals surface area contributed by atoms with Gasteiger partial charge in [0.2, 0.25) is 0 Å². The fourth-order valence-corrected chi connectivity index (χ4v) is 2.48. The van der Waals surface area contributed by atoms with Gasteiger partial charge in [0.05, 0.1) is 0 Å². The van der Waals surface area contributed by atoms with Gasteiger partial charge in [-0.05, 0) is 36.3 Å². The van der Waals surface area contributed by atoms with Gasteiger partial charge in [-0.15, -0.1) is 11.8 Å². The van der Waals surface area contributed by atoms with Gasteiger partial charge in [0.25, 0.3) is 0 Å². The fourth-order valence-electron chi connectivity index (χ4n) is 1.56. The summed E-state index contributed by atoms with van der Waals surface area (Å²) in [6, 6.07) is 9.41. The van der Waals surface area contributed by atoms with E-state index in [0.717, 1.165) is 19.6 Å². The Balaban J connectivity index is 2.23. The van der Waals surface area contributed by atoms with E-state index in [1.807, 2.05) is 11.8 Å². The molecule has 0 bridgehead atoms. The molecule has 0 radical (unpaired) electrons. The molecule has 3 heteroatoms. The first-order chi connectivity index (χ1) is 8.72. The Labute approximate surface area is 116 Å². The van der Waals surface area contributed by atoms with Crippen LogP contribution in [0.3, 0.4) is 0 Å². The van der Waals surface area contributed by atoms with E-state index < -0.39 is 0 Å². The molecule has 1 aromatic carbocycles. The molecule has 1 N–H and O–H groups in total. The molecule has 1 rings (SSSR count). The predicted molar refractivity (Wildman–Crippen MR) is 80.3 cm³/mol. The summed E-state index contributed by atoms with van der Waals surface area (Å²) in [7, 11) is 1.76. The maximum atomic E-state index is 5.04. The van der Waals surface area contributed by atoms with Gasteiger partial charge < -0.3 is 10.1 Å². The van der Waals surface area contributed by atoms with Gasteiger partial charge in [0, 0.05) is 31.2 Å². The minimum atomic E-state index is 0.542. The highest BCUT2D eigenvalue weighted by Crippen LogP contribution is 2.19. The van der Waals surface area contributed by atoms with Crippen molar-refractivity contribution in [2.75, 3.05) is 19.5 Å². The van der Waals surface area contributed by atoms with Crippen LogP contribution in [0.2, 0.25) is 0 Å². The lowest BCUT2D eigenvalue weighted by Crippen LogP contribution is -2.21. The van der Waals surface area contributed by atoms with Crippen LogP contribution in [-0.4, -0.2) is 25.5 Å². The maximum absolute atomic E-state index is 5.04. The van der Waals surface area contributed by atoms with Gasteiger partial charge >= 0.3 is 0 Å². The lowest BCUT2D eigenvalue weighted by molar-refractivity contribution is 0.194. The van der Waals surface area contributed by atoms with E-state index in [0.29, 0.717) is 6.04 Å². The van der Waals surface area contributed by atoms with E-state index >= 15 is 0 Å². The quantitative estimate of drug-likeness (QED) is 0.544. The zero-order valence-corrected chi connectivity index (χ0v) is 12.6. The summed E-state index contributed by atoms with van der Waals surface area (Å²) in [5.74, 6) is 1.17. The zero-order valence-electron chi connectivity index (χ0n) is 11.7. The van der Waals surface area contributed by atoms with Crippen LogP contribution in [0.5, 0.6) is 0 Å². The highest BCUT2D eigenvalue weighted by Gasteiger charge is 1.97. The molecule has 2 nitrogen and oxygen atoms in total. The molecule has 102 valence electrons. The fraction of sp³-hybridized carbons (Fsp3) is 0.600. The van der Waals surface area contributed by atoms with E-state index in [4.69, 9.17) is 4.74 Å². The normalized spacial score (nSPS) is 11.1.